The molecule has 0 spiro atoms. The molecule has 1 saturated heterocycles. The van der Waals surface area contributed by atoms with Crippen molar-refractivity contribution in [3.8, 4) is 0 Å². The van der Waals surface area contributed by atoms with Gasteiger partial charge in [-0.3, -0.25) is 4.79 Å². The summed E-state index contributed by atoms with van der Waals surface area (Å²) in [5.41, 5.74) is -1.01. The first kappa shape index (κ1) is 17.7. The molecule has 4 atom stereocenters. The van der Waals surface area contributed by atoms with Gasteiger partial charge in [0.15, 0.2) is 6.10 Å². The molecule has 1 aromatic carbocycles. The maximum atomic E-state index is 12.8. The van der Waals surface area contributed by atoms with Crippen molar-refractivity contribution >= 4 is 11.6 Å². The molecule has 128 valence electrons. The van der Waals surface area contributed by atoms with Crippen molar-refractivity contribution in [1.29, 1.82) is 0 Å². The van der Waals surface area contributed by atoms with Crippen molar-refractivity contribution in [2.24, 2.45) is 0 Å². The van der Waals surface area contributed by atoms with Gasteiger partial charge in [-0.05, 0) is 24.6 Å². The highest BCUT2D eigenvalue weighted by Gasteiger charge is 2.46. The number of rotatable bonds is 3. The number of aryl methyl sites for hydroxylation is 1. The van der Waals surface area contributed by atoms with Crippen LogP contribution in [0.4, 0.5) is 18.9 Å². The summed E-state index contributed by atoms with van der Waals surface area (Å²) in [5, 5.41) is 30.4. The number of nitrogens with one attached hydrogen (secondary N) is 1. The van der Waals surface area contributed by atoms with Gasteiger partial charge in [0.05, 0.1) is 12.2 Å². The Bertz CT molecular complexity index is 592. The lowest BCUT2D eigenvalue weighted by Gasteiger charge is -2.16. The Morgan fingerprint density at radius 2 is 1.96 bits per heavy atom. The SMILES string of the molecule is Cc1ccc(NC(=O)[C@@H]2O[C@H](CO)[C@@H](O)[C@H]2O)cc1C(F)(F)F. The fourth-order valence-electron chi connectivity index (χ4n) is 2.33. The third kappa shape index (κ3) is 3.63. The Morgan fingerprint density at radius 1 is 1.30 bits per heavy atom. The van der Waals surface area contributed by atoms with Crippen LogP contribution in [0, 0.1) is 6.92 Å². The second-order valence-corrected chi connectivity index (χ2v) is 5.28. The fourth-order valence-corrected chi connectivity index (χ4v) is 2.33. The standard InChI is InChI=1S/C14H16F3NO5/c1-6-2-3-7(4-8(6)14(15,16)17)18-13(22)12-11(21)10(20)9(5-19)23-12/h2-4,9-12,19-21H,5H2,1H3,(H,18,22)/t9-,10-,11-,12-/m1/s1. The quantitative estimate of drug-likeness (QED) is 0.642. The molecule has 0 aliphatic carbocycles. The van der Waals surface area contributed by atoms with Gasteiger partial charge in [-0.2, -0.15) is 13.2 Å². The summed E-state index contributed by atoms with van der Waals surface area (Å²) < 4.78 is 43.5. The van der Waals surface area contributed by atoms with Gasteiger partial charge in [0, 0.05) is 5.69 Å². The maximum Gasteiger partial charge on any atom is 0.416 e. The van der Waals surface area contributed by atoms with E-state index in [1.54, 1.807) is 0 Å². The van der Waals surface area contributed by atoms with Gasteiger partial charge in [-0.25, -0.2) is 0 Å². The number of benzene rings is 1. The molecule has 2 rings (SSSR count). The van der Waals surface area contributed by atoms with E-state index in [0.717, 1.165) is 6.07 Å². The van der Waals surface area contributed by atoms with Crippen LogP contribution >= 0.6 is 0 Å². The van der Waals surface area contributed by atoms with Crippen LogP contribution in [0.2, 0.25) is 0 Å². The summed E-state index contributed by atoms with van der Waals surface area (Å²) in [7, 11) is 0. The highest BCUT2D eigenvalue weighted by Crippen LogP contribution is 2.33. The Kier molecular flexibility index (Phi) is 4.95. The Labute approximate surface area is 129 Å². The van der Waals surface area contributed by atoms with Crippen molar-refractivity contribution in [1.82, 2.24) is 0 Å². The summed E-state index contributed by atoms with van der Waals surface area (Å²) in [6.45, 7) is 0.686. The minimum absolute atomic E-state index is 0.00316. The van der Waals surface area contributed by atoms with Gasteiger partial charge < -0.3 is 25.4 Å². The highest BCUT2D eigenvalue weighted by molar-refractivity contribution is 5.95. The second-order valence-electron chi connectivity index (χ2n) is 5.28. The van der Waals surface area contributed by atoms with E-state index in [-0.39, 0.29) is 11.3 Å². The number of carbonyl (C=O) groups excluding carboxylic acids is 1. The minimum atomic E-state index is -4.56. The van der Waals surface area contributed by atoms with Gasteiger partial charge in [0.25, 0.3) is 5.91 Å². The first-order valence-electron chi connectivity index (χ1n) is 6.76. The Hall–Kier alpha value is -1.68. The first-order valence-corrected chi connectivity index (χ1v) is 6.76. The molecular weight excluding hydrogens is 319 g/mol. The van der Waals surface area contributed by atoms with Crippen LogP contribution in [-0.4, -0.2) is 52.2 Å². The zero-order valence-corrected chi connectivity index (χ0v) is 12.0. The lowest BCUT2D eigenvalue weighted by molar-refractivity contribution is -0.138. The van der Waals surface area contributed by atoms with Crippen LogP contribution in [0.3, 0.4) is 0 Å². The molecule has 0 bridgehead atoms. The van der Waals surface area contributed by atoms with E-state index in [4.69, 9.17) is 9.84 Å². The highest BCUT2D eigenvalue weighted by atomic mass is 19.4. The van der Waals surface area contributed by atoms with Crippen LogP contribution < -0.4 is 5.32 Å². The monoisotopic (exact) mass is 335 g/mol. The third-order valence-electron chi connectivity index (χ3n) is 3.61. The van der Waals surface area contributed by atoms with Crippen LogP contribution in [-0.2, 0) is 15.7 Å². The topological polar surface area (TPSA) is 99.0 Å². The molecule has 0 aromatic heterocycles. The summed E-state index contributed by atoms with van der Waals surface area (Å²) in [6, 6.07) is 3.26. The number of hydrogen-bond donors (Lipinski definition) is 4. The average Bonchev–Trinajstić information content (AvgIpc) is 2.76. The van der Waals surface area contributed by atoms with Crippen LogP contribution in [0.25, 0.3) is 0 Å². The number of anilines is 1. The molecule has 0 radical (unpaired) electrons. The molecule has 6 nitrogen and oxygen atoms in total. The number of aliphatic hydroxyl groups excluding tert-OH is 3. The predicted molar refractivity (Wildman–Crippen MR) is 72.6 cm³/mol. The first-order chi connectivity index (χ1) is 10.6. The molecule has 0 unspecified atom stereocenters. The van der Waals surface area contributed by atoms with Crippen molar-refractivity contribution < 1.29 is 38.0 Å². The number of aliphatic hydroxyl groups is 3. The van der Waals surface area contributed by atoms with Gasteiger partial charge >= 0.3 is 6.18 Å². The second kappa shape index (κ2) is 6.44. The van der Waals surface area contributed by atoms with Crippen LogP contribution in [0.15, 0.2) is 18.2 Å². The van der Waals surface area contributed by atoms with Crippen LogP contribution in [0.1, 0.15) is 11.1 Å². The summed E-state index contributed by atoms with van der Waals surface area (Å²) in [5.74, 6) is -0.913. The smallest absolute Gasteiger partial charge is 0.394 e. The zero-order chi connectivity index (χ0) is 17.4. The number of halogens is 3. The fraction of sp³-hybridized carbons (Fsp3) is 0.500. The van der Waals surface area contributed by atoms with Crippen molar-refractivity contribution in [2.45, 2.75) is 37.5 Å². The molecule has 1 heterocycles. The lowest BCUT2D eigenvalue weighted by Crippen LogP contribution is -2.39. The molecule has 1 aliphatic rings. The number of amides is 1. The van der Waals surface area contributed by atoms with Crippen molar-refractivity contribution in [2.75, 3.05) is 11.9 Å². The van der Waals surface area contributed by atoms with Crippen molar-refractivity contribution in [3.63, 3.8) is 0 Å². The largest absolute Gasteiger partial charge is 0.416 e. The Balaban J connectivity index is 2.15. The van der Waals surface area contributed by atoms with Gasteiger partial charge in [-0.1, -0.05) is 6.07 Å². The third-order valence-corrected chi connectivity index (χ3v) is 3.61. The normalized spacial score (nSPS) is 28.0. The number of hydrogen-bond acceptors (Lipinski definition) is 5. The molecule has 0 saturated carbocycles. The molecular formula is C14H16F3NO5. The molecule has 1 aliphatic heterocycles. The average molecular weight is 335 g/mol. The number of alkyl halides is 3. The van der Waals surface area contributed by atoms with E-state index in [2.05, 4.69) is 5.32 Å². The number of carbonyl (C=O) groups is 1. The van der Waals surface area contributed by atoms with E-state index >= 15 is 0 Å². The van der Waals surface area contributed by atoms with Crippen LogP contribution in [0.5, 0.6) is 0 Å². The molecule has 23 heavy (non-hydrogen) atoms. The number of ether oxygens (including phenoxy) is 1. The molecule has 4 N–H and O–H groups in total. The maximum absolute atomic E-state index is 12.8. The van der Waals surface area contributed by atoms with E-state index in [0.29, 0.717) is 0 Å². The summed E-state index contributed by atoms with van der Waals surface area (Å²) >= 11 is 0. The van der Waals surface area contributed by atoms with Crippen molar-refractivity contribution in [3.05, 3.63) is 29.3 Å². The summed E-state index contributed by atoms with van der Waals surface area (Å²) in [4.78, 5) is 12.0. The van der Waals surface area contributed by atoms with Gasteiger partial charge in [-0.15, -0.1) is 0 Å². The molecule has 1 aromatic rings. The Morgan fingerprint density at radius 3 is 2.48 bits per heavy atom. The molecule has 1 fully saturated rings. The predicted octanol–water partition coefficient (Wildman–Crippen LogP) is 0.434. The minimum Gasteiger partial charge on any atom is -0.394 e. The van der Waals surface area contributed by atoms with E-state index < -0.39 is 48.7 Å². The van der Waals surface area contributed by atoms with E-state index in [1.807, 2.05) is 0 Å². The molecule has 1 amide bonds. The van der Waals surface area contributed by atoms with Gasteiger partial charge in [0.1, 0.15) is 18.3 Å². The van der Waals surface area contributed by atoms with E-state index in [9.17, 15) is 28.2 Å². The summed E-state index contributed by atoms with van der Waals surface area (Å²) in [6.07, 6.45) is -10.2. The van der Waals surface area contributed by atoms with Gasteiger partial charge in [0.2, 0.25) is 0 Å². The molecule has 9 heteroatoms. The lowest BCUT2D eigenvalue weighted by atomic mass is 10.1. The zero-order valence-electron chi connectivity index (χ0n) is 12.0. The van der Waals surface area contributed by atoms with E-state index in [1.165, 1.54) is 19.1 Å².